The average Bonchev–Trinajstić information content (AvgIpc) is 2.15. The van der Waals surface area contributed by atoms with Crippen LogP contribution in [0.4, 0.5) is 0 Å². The fourth-order valence-electron chi connectivity index (χ4n) is 1.04. The molecule has 0 spiro atoms. The van der Waals surface area contributed by atoms with E-state index in [1.54, 1.807) is 30.3 Å². The molecule has 1 N–H and O–H groups in total. The number of halogens is 1. The highest BCUT2D eigenvalue weighted by Gasteiger charge is 2.27. The van der Waals surface area contributed by atoms with Gasteiger partial charge >= 0.3 is 0 Å². The quantitative estimate of drug-likeness (QED) is 0.803. The maximum absolute atomic E-state index is 11.1. The third-order valence-electron chi connectivity index (χ3n) is 1.80. The second kappa shape index (κ2) is 4.29. The minimum Gasteiger partial charge on any atom is -0.386 e. The number of hydrogen-bond donors (Lipinski definition) is 1. The van der Waals surface area contributed by atoms with E-state index in [4.69, 9.17) is 11.6 Å². The number of aliphatic hydroxyl groups is 1. The Morgan fingerprint density at radius 2 is 1.79 bits per heavy atom. The second-order valence-electron chi connectivity index (χ2n) is 3.04. The molecule has 0 heterocycles. The summed E-state index contributed by atoms with van der Waals surface area (Å²) in [4.78, 5) is 0. The van der Waals surface area contributed by atoms with Gasteiger partial charge in [0, 0.05) is 6.26 Å². The first kappa shape index (κ1) is 11.5. The molecule has 2 unspecified atom stereocenters. The summed E-state index contributed by atoms with van der Waals surface area (Å²) >= 11 is 5.60. The van der Waals surface area contributed by atoms with Gasteiger partial charge in [-0.15, -0.1) is 11.6 Å². The second-order valence-corrected chi connectivity index (χ2v) is 5.93. The summed E-state index contributed by atoms with van der Waals surface area (Å²) in [5.41, 5.74) is 0.498. The molecule has 0 aliphatic heterocycles. The first-order valence-corrected chi connectivity index (χ1v) is 6.38. The van der Waals surface area contributed by atoms with E-state index < -0.39 is 20.7 Å². The van der Waals surface area contributed by atoms with Crippen molar-refractivity contribution in [1.29, 1.82) is 0 Å². The summed E-state index contributed by atoms with van der Waals surface area (Å²) in [5, 5.41) is 9.61. The predicted octanol–water partition coefficient (Wildman–Crippen LogP) is 1.33. The number of rotatable bonds is 3. The van der Waals surface area contributed by atoms with E-state index in [9.17, 15) is 13.5 Å². The lowest BCUT2D eigenvalue weighted by Gasteiger charge is -2.15. The van der Waals surface area contributed by atoms with Crippen LogP contribution in [-0.4, -0.2) is 24.5 Å². The van der Waals surface area contributed by atoms with Gasteiger partial charge in [0.25, 0.3) is 0 Å². The zero-order chi connectivity index (χ0) is 10.8. The van der Waals surface area contributed by atoms with Gasteiger partial charge in [-0.25, -0.2) is 8.42 Å². The van der Waals surface area contributed by atoms with Crippen LogP contribution in [0.3, 0.4) is 0 Å². The number of hydrogen-bond acceptors (Lipinski definition) is 3. The zero-order valence-electron chi connectivity index (χ0n) is 7.59. The molecule has 0 saturated carbocycles. The van der Waals surface area contributed by atoms with Crippen molar-refractivity contribution in [3.05, 3.63) is 35.9 Å². The van der Waals surface area contributed by atoms with Gasteiger partial charge < -0.3 is 5.11 Å². The molecule has 1 rings (SSSR count). The van der Waals surface area contributed by atoms with Crippen LogP contribution in [0, 0.1) is 0 Å². The minimum absolute atomic E-state index is 0.498. The Bertz CT molecular complexity index is 388. The van der Waals surface area contributed by atoms with Crippen molar-refractivity contribution in [3.8, 4) is 0 Å². The number of aliphatic hydroxyl groups excluding tert-OH is 1. The summed E-state index contributed by atoms with van der Waals surface area (Å²) in [7, 11) is -3.43. The maximum atomic E-state index is 11.1. The molecule has 14 heavy (non-hydrogen) atoms. The van der Waals surface area contributed by atoms with Crippen molar-refractivity contribution < 1.29 is 13.5 Å². The molecule has 0 aromatic heterocycles. The van der Waals surface area contributed by atoms with Crippen molar-refractivity contribution in [3.63, 3.8) is 0 Å². The van der Waals surface area contributed by atoms with Gasteiger partial charge in [0.05, 0.1) is 0 Å². The molecule has 0 radical (unpaired) electrons. The van der Waals surface area contributed by atoms with Crippen LogP contribution in [0.25, 0.3) is 0 Å². The molecule has 0 amide bonds. The van der Waals surface area contributed by atoms with Crippen LogP contribution in [0.15, 0.2) is 30.3 Å². The SMILES string of the molecule is CS(=O)(=O)C(Cl)C(O)c1ccccc1. The van der Waals surface area contributed by atoms with Crippen LogP contribution >= 0.6 is 11.6 Å². The van der Waals surface area contributed by atoms with Gasteiger partial charge in [-0.1, -0.05) is 30.3 Å². The van der Waals surface area contributed by atoms with Crippen LogP contribution in [0.2, 0.25) is 0 Å². The molecule has 0 fully saturated rings. The van der Waals surface area contributed by atoms with E-state index in [1.807, 2.05) is 0 Å². The third-order valence-corrected chi connectivity index (χ3v) is 4.08. The fraction of sp³-hybridized carbons (Fsp3) is 0.333. The van der Waals surface area contributed by atoms with Gasteiger partial charge in [-0.3, -0.25) is 0 Å². The molecule has 0 saturated heterocycles. The van der Waals surface area contributed by atoms with Crippen molar-refractivity contribution in [2.24, 2.45) is 0 Å². The Labute approximate surface area is 88.2 Å². The van der Waals surface area contributed by atoms with Crippen LogP contribution in [-0.2, 0) is 9.84 Å². The van der Waals surface area contributed by atoms with E-state index in [0.717, 1.165) is 6.26 Å². The lowest BCUT2D eigenvalue weighted by molar-refractivity contribution is 0.192. The summed E-state index contributed by atoms with van der Waals surface area (Å²) in [6, 6.07) is 8.46. The fourth-order valence-corrected chi connectivity index (χ4v) is 1.81. The van der Waals surface area contributed by atoms with Gasteiger partial charge in [0.1, 0.15) is 6.10 Å². The van der Waals surface area contributed by atoms with Crippen LogP contribution < -0.4 is 0 Å². The average molecular weight is 235 g/mol. The normalized spacial score (nSPS) is 16.2. The van der Waals surface area contributed by atoms with E-state index in [0.29, 0.717) is 5.56 Å². The highest BCUT2D eigenvalue weighted by molar-refractivity contribution is 7.92. The van der Waals surface area contributed by atoms with E-state index in [-0.39, 0.29) is 0 Å². The Hall–Kier alpha value is -0.580. The van der Waals surface area contributed by atoms with Gasteiger partial charge in [-0.05, 0) is 5.56 Å². The van der Waals surface area contributed by atoms with Crippen LogP contribution in [0.5, 0.6) is 0 Å². The topological polar surface area (TPSA) is 54.4 Å². The summed E-state index contributed by atoms with van der Waals surface area (Å²) < 4.78 is 20.8. The molecule has 2 atom stereocenters. The highest BCUT2D eigenvalue weighted by Crippen LogP contribution is 2.24. The summed E-state index contributed by atoms with van der Waals surface area (Å²) in [6.45, 7) is 0. The van der Waals surface area contributed by atoms with Crippen molar-refractivity contribution in [2.45, 2.75) is 10.8 Å². The number of benzene rings is 1. The lowest BCUT2D eigenvalue weighted by Crippen LogP contribution is -2.21. The molecule has 0 bridgehead atoms. The van der Waals surface area contributed by atoms with E-state index in [1.165, 1.54) is 0 Å². The number of alkyl halides is 1. The lowest BCUT2D eigenvalue weighted by atomic mass is 10.1. The van der Waals surface area contributed by atoms with Gasteiger partial charge in [0.2, 0.25) is 0 Å². The molecule has 1 aromatic rings. The largest absolute Gasteiger partial charge is 0.386 e. The first-order valence-electron chi connectivity index (χ1n) is 3.99. The monoisotopic (exact) mass is 234 g/mol. The molecular formula is C9H11ClO3S. The number of sulfone groups is 1. The zero-order valence-corrected chi connectivity index (χ0v) is 9.16. The highest BCUT2D eigenvalue weighted by atomic mass is 35.5. The molecule has 0 aliphatic carbocycles. The Kier molecular flexibility index (Phi) is 3.53. The Morgan fingerprint density at radius 1 is 1.29 bits per heavy atom. The predicted molar refractivity (Wildman–Crippen MR) is 55.9 cm³/mol. The van der Waals surface area contributed by atoms with E-state index >= 15 is 0 Å². The Balaban J connectivity index is 2.92. The minimum atomic E-state index is -3.43. The molecule has 0 aliphatic rings. The van der Waals surface area contributed by atoms with Crippen molar-refractivity contribution in [1.82, 2.24) is 0 Å². The molecule has 78 valence electrons. The molecular weight excluding hydrogens is 224 g/mol. The standard InChI is InChI=1S/C9H11ClO3S/c1-14(12,13)9(10)8(11)7-5-3-2-4-6-7/h2-6,8-9,11H,1H3. The summed E-state index contributed by atoms with van der Waals surface area (Å²) in [5.74, 6) is 0. The molecule has 1 aromatic carbocycles. The molecule has 3 nitrogen and oxygen atoms in total. The maximum Gasteiger partial charge on any atom is 0.167 e. The van der Waals surface area contributed by atoms with Gasteiger partial charge in [-0.2, -0.15) is 0 Å². The molecule has 5 heteroatoms. The van der Waals surface area contributed by atoms with Crippen molar-refractivity contribution >= 4 is 21.4 Å². The third kappa shape index (κ3) is 2.70. The first-order chi connectivity index (χ1) is 6.43. The van der Waals surface area contributed by atoms with E-state index in [2.05, 4.69) is 0 Å². The van der Waals surface area contributed by atoms with Crippen molar-refractivity contribution in [2.75, 3.05) is 6.26 Å². The smallest absolute Gasteiger partial charge is 0.167 e. The van der Waals surface area contributed by atoms with Gasteiger partial charge in [0.15, 0.2) is 14.5 Å². The van der Waals surface area contributed by atoms with Crippen LogP contribution in [0.1, 0.15) is 11.7 Å². The Morgan fingerprint density at radius 3 is 2.21 bits per heavy atom. The summed E-state index contributed by atoms with van der Waals surface area (Å²) in [6.07, 6.45) is -0.190.